The van der Waals surface area contributed by atoms with Crippen molar-refractivity contribution in [3.8, 4) is 0 Å². The Balaban J connectivity index is 2.43. The number of rotatable bonds is 5. The Morgan fingerprint density at radius 3 is 2.33 bits per heavy atom. The maximum Gasteiger partial charge on any atom is 0.332 e. The number of hydrogen-bond donors (Lipinski definition) is 2. The molecule has 2 unspecified atom stereocenters. The summed E-state index contributed by atoms with van der Waals surface area (Å²) in [5.74, 6) is 5.64. The highest BCUT2D eigenvalue weighted by atomic mass is 16.6. The first-order chi connectivity index (χ1) is 10.0. The molecule has 10 heteroatoms. The zero-order valence-electron chi connectivity index (χ0n) is 12.1. The lowest BCUT2D eigenvalue weighted by atomic mass is 10.3. The van der Waals surface area contributed by atoms with Crippen LogP contribution in [0.4, 0.5) is 17.5 Å². The van der Waals surface area contributed by atoms with Gasteiger partial charge in [-0.3, -0.25) is 15.5 Å². The third-order valence-corrected chi connectivity index (χ3v) is 3.47. The number of aromatic nitrogens is 2. The van der Waals surface area contributed by atoms with Gasteiger partial charge >= 0.3 is 5.69 Å². The van der Waals surface area contributed by atoms with Crippen LogP contribution >= 0.6 is 0 Å². The number of methoxy groups -OCH3 is 2. The third kappa shape index (κ3) is 2.86. The van der Waals surface area contributed by atoms with E-state index in [1.165, 1.54) is 0 Å². The van der Waals surface area contributed by atoms with Crippen LogP contribution in [0.1, 0.15) is 5.69 Å². The van der Waals surface area contributed by atoms with Crippen molar-refractivity contribution in [1.82, 2.24) is 9.97 Å². The SMILES string of the molecule is COC1CN(c2nc(NN)nc(C)c2[N+](=O)[O-])CC1OC. The van der Waals surface area contributed by atoms with Crippen molar-refractivity contribution in [3.05, 3.63) is 15.8 Å². The number of nitrogens with one attached hydrogen (secondary N) is 1. The van der Waals surface area contributed by atoms with E-state index in [0.29, 0.717) is 13.1 Å². The lowest BCUT2D eigenvalue weighted by molar-refractivity contribution is -0.385. The Bertz CT molecular complexity index is 528. The molecular formula is C11H18N6O4. The minimum Gasteiger partial charge on any atom is -0.377 e. The normalized spacial score (nSPS) is 21.6. The van der Waals surface area contributed by atoms with Gasteiger partial charge in [0.15, 0.2) is 0 Å². The van der Waals surface area contributed by atoms with Crippen LogP contribution in [-0.4, -0.2) is 54.4 Å². The van der Waals surface area contributed by atoms with Gasteiger partial charge in [0.05, 0.1) is 4.92 Å². The van der Waals surface area contributed by atoms with Crippen molar-refractivity contribution >= 4 is 17.5 Å². The summed E-state index contributed by atoms with van der Waals surface area (Å²) in [5.41, 5.74) is 2.42. The zero-order chi connectivity index (χ0) is 15.6. The van der Waals surface area contributed by atoms with Gasteiger partial charge in [-0.2, -0.15) is 4.98 Å². The molecule has 10 nitrogen and oxygen atoms in total. The molecular weight excluding hydrogens is 280 g/mol. The lowest BCUT2D eigenvalue weighted by Gasteiger charge is -2.18. The molecule has 1 fully saturated rings. The lowest BCUT2D eigenvalue weighted by Crippen LogP contribution is -2.27. The highest BCUT2D eigenvalue weighted by Gasteiger charge is 2.37. The van der Waals surface area contributed by atoms with Crippen LogP contribution in [0.5, 0.6) is 0 Å². The van der Waals surface area contributed by atoms with Crippen LogP contribution in [0.3, 0.4) is 0 Å². The van der Waals surface area contributed by atoms with Crippen molar-refractivity contribution in [1.29, 1.82) is 0 Å². The molecule has 0 amide bonds. The first kappa shape index (κ1) is 15.4. The first-order valence-corrected chi connectivity index (χ1v) is 6.32. The van der Waals surface area contributed by atoms with E-state index in [1.807, 2.05) is 0 Å². The van der Waals surface area contributed by atoms with Crippen LogP contribution < -0.4 is 16.2 Å². The number of nitrogen functional groups attached to an aromatic ring is 1. The fraction of sp³-hybridized carbons (Fsp3) is 0.636. The highest BCUT2D eigenvalue weighted by Crippen LogP contribution is 2.32. The van der Waals surface area contributed by atoms with Crippen LogP contribution in [0, 0.1) is 17.0 Å². The van der Waals surface area contributed by atoms with Gasteiger partial charge in [0, 0.05) is 27.3 Å². The van der Waals surface area contributed by atoms with Gasteiger partial charge in [-0.05, 0) is 6.92 Å². The number of ether oxygens (including phenoxy) is 2. The maximum atomic E-state index is 11.3. The molecule has 0 spiro atoms. The maximum absolute atomic E-state index is 11.3. The monoisotopic (exact) mass is 298 g/mol. The molecule has 0 aliphatic carbocycles. The van der Waals surface area contributed by atoms with Crippen LogP contribution in [0.15, 0.2) is 0 Å². The van der Waals surface area contributed by atoms with Crippen LogP contribution in [-0.2, 0) is 9.47 Å². The van der Waals surface area contributed by atoms with Gasteiger partial charge in [0.1, 0.15) is 17.9 Å². The summed E-state index contributed by atoms with van der Waals surface area (Å²) in [4.78, 5) is 20.6. The molecule has 3 N–H and O–H groups in total. The predicted octanol–water partition coefficient (Wildman–Crippen LogP) is -0.171. The second-order valence-electron chi connectivity index (χ2n) is 4.66. The van der Waals surface area contributed by atoms with E-state index in [2.05, 4.69) is 15.4 Å². The summed E-state index contributed by atoms with van der Waals surface area (Å²) < 4.78 is 10.7. The van der Waals surface area contributed by atoms with E-state index >= 15 is 0 Å². The minimum absolute atomic E-state index is 0.128. The van der Waals surface area contributed by atoms with E-state index in [0.717, 1.165) is 0 Å². The van der Waals surface area contributed by atoms with Crippen molar-refractivity contribution in [3.63, 3.8) is 0 Å². The van der Waals surface area contributed by atoms with Gasteiger partial charge < -0.3 is 14.4 Å². The Labute approximate surface area is 121 Å². The number of hydrogen-bond acceptors (Lipinski definition) is 9. The molecule has 0 bridgehead atoms. The number of nitrogens with two attached hydrogens (primary N) is 1. The number of anilines is 2. The highest BCUT2D eigenvalue weighted by molar-refractivity contribution is 5.63. The smallest absolute Gasteiger partial charge is 0.332 e. The molecule has 1 aromatic rings. The molecule has 1 aliphatic rings. The molecule has 116 valence electrons. The summed E-state index contributed by atoms with van der Waals surface area (Å²) in [6, 6.07) is 0. The molecule has 1 aliphatic heterocycles. The molecule has 0 aromatic carbocycles. The van der Waals surface area contributed by atoms with Crippen molar-refractivity contribution in [2.24, 2.45) is 5.84 Å². The summed E-state index contributed by atoms with van der Waals surface area (Å²) in [6.45, 7) is 2.43. The van der Waals surface area contributed by atoms with E-state index in [1.54, 1.807) is 26.0 Å². The van der Waals surface area contributed by atoms with Gasteiger partial charge in [-0.15, -0.1) is 0 Å². The Morgan fingerprint density at radius 1 is 1.33 bits per heavy atom. The summed E-state index contributed by atoms with van der Waals surface area (Å²) in [6.07, 6.45) is -0.363. The molecule has 1 aromatic heterocycles. The second-order valence-corrected chi connectivity index (χ2v) is 4.66. The van der Waals surface area contributed by atoms with Crippen LogP contribution in [0.2, 0.25) is 0 Å². The molecule has 2 atom stereocenters. The minimum atomic E-state index is -0.493. The Hall–Kier alpha value is -2.04. The average Bonchev–Trinajstić information content (AvgIpc) is 2.88. The van der Waals surface area contributed by atoms with Crippen molar-refractivity contribution < 1.29 is 14.4 Å². The Morgan fingerprint density at radius 2 is 1.90 bits per heavy atom. The fourth-order valence-corrected chi connectivity index (χ4v) is 2.42. The molecule has 0 saturated carbocycles. The van der Waals surface area contributed by atoms with Crippen molar-refractivity contribution in [2.75, 3.05) is 37.6 Å². The van der Waals surface area contributed by atoms with Gasteiger partial charge in [0.25, 0.3) is 0 Å². The number of aryl methyl sites for hydroxylation is 1. The van der Waals surface area contributed by atoms with E-state index in [4.69, 9.17) is 15.3 Å². The van der Waals surface area contributed by atoms with Gasteiger partial charge in [-0.1, -0.05) is 0 Å². The quantitative estimate of drug-likeness (QED) is 0.432. The largest absolute Gasteiger partial charge is 0.377 e. The molecule has 2 heterocycles. The van der Waals surface area contributed by atoms with E-state index in [9.17, 15) is 10.1 Å². The molecule has 2 rings (SSSR count). The van der Waals surface area contributed by atoms with Crippen molar-refractivity contribution in [2.45, 2.75) is 19.1 Å². The summed E-state index contributed by atoms with van der Waals surface area (Å²) in [5, 5.41) is 11.3. The van der Waals surface area contributed by atoms with Crippen LogP contribution in [0.25, 0.3) is 0 Å². The van der Waals surface area contributed by atoms with Gasteiger partial charge in [0.2, 0.25) is 11.8 Å². The zero-order valence-corrected chi connectivity index (χ0v) is 12.1. The summed E-state index contributed by atoms with van der Waals surface area (Å²) >= 11 is 0. The van der Waals surface area contributed by atoms with E-state index < -0.39 is 4.92 Å². The Kier molecular flexibility index (Phi) is 4.50. The topological polar surface area (TPSA) is 129 Å². The first-order valence-electron chi connectivity index (χ1n) is 6.32. The predicted molar refractivity (Wildman–Crippen MR) is 75.0 cm³/mol. The molecule has 21 heavy (non-hydrogen) atoms. The summed E-state index contributed by atoms with van der Waals surface area (Å²) in [7, 11) is 3.15. The van der Waals surface area contributed by atoms with E-state index in [-0.39, 0.29) is 35.4 Å². The molecule has 0 radical (unpaired) electrons. The van der Waals surface area contributed by atoms with Gasteiger partial charge in [-0.25, -0.2) is 10.8 Å². The number of nitrogens with zero attached hydrogens (tertiary/aromatic N) is 4. The third-order valence-electron chi connectivity index (χ3n) is 3.47. The fourth-order valence-electron chi connectivity index (χ4n) is 2.42. The average molecular weight is 298 g/mol. The standard InChI is InChI=1S/C11H18N6O4/c1-6-9(17(18)19)10(14-11(13-6)15-12)16-4-7(20-2)8(5-16)21-3/h7-8H,4-5,12H2,1-3H3,(H,13,14,15). The second kappa shape index (κ2) is 6.16. The number of nitro groups is 1. The molecule has 1 saturated heterocycles. The number of hydrazine groups is 1.